The highest BCUT2D eigenvalue weighted by Gasteiger charge is 2.34. The molecule has 0 bridgehead atoms. The van der Waals surface area contributed by atoms with Gasteiger partial charge in [0.05, 0.1) is 12.2 Å². The molecule has 0 unspecified atom stereocenters. The van der Waals surface area contributed by atoms with E-state index in [4.69, 9.17) is 9.47 Å². The average molecular weight is 222 g/mol. The number of para-hydroxylation sites is 1. The second kappa shape index (κ2) is 4.44. The monoisotopic (exact) mass is 222 g/mol. The molecular formula is C13H18O3. The van der Waals surface area contributed by atoms with Crippen LogP contribution in [0.5, 0.6) is 5.75 Å². The van der Waals surface area contributed by atoms with Crippen LogP contribution in [-0.2, 0) is 9.47 Å². The Hall–Kier alpha value is -1.06. The molecule has 88 valence electrons. The van der Waals surface area contributed by atoms with Crippen molar-refractivity contribution in [2.75, 3.05) is 0 Å². The van der Waals surface area contributed by atoms with Crippen molar-refractivity contribution in [3.05, 3.63) is 29.8 Å². The first-order chi connectivity index (χ1) is 7.59. The molecule has 1 N–H and O–H groups in total. The highest BCUT2D eigenvalue weighted by molar-refractivity contribution is 5.34. The van der Waals surface area contributed by atoms with Gasteiger partial charge in [0.15, 0.2) is 6.29 Å². The summed E-state index contributed by atoms with van der Waals surface area (Å²) >= 11 is 0. The van der Waals surface area contributed by atoms with Crippen LogP contribution in [0.1, 0.15) is 32.4 Å². The van der Waals surface area contributed by atoms with Gasteiger partial charge in [0.1, 0.15) is 5.75 Å². The Labute approximate surface area is 96.0 Å². The van der Waals surface area contributed by atoms with Crippen LogP contribution in [0.25, 0.3) is 0 Å². The van der Waals surface area contributed by atoms with E-state index in [9.17, 15) is 5.11 Å². The Bertz CT molecular complexity index is 364. The van der Waals surface area contributed by atoms with Gasteiger partial charge in [-0.1, -0.05) is 25.1 Å². The lowest BCUT2D eigenvalue weighted by Crippen LogP contribution is -2.37. The molecule has 4 atom stereocenters. The number of phenols is 1. The molecule has 3 heteroatoms. The van der Waals surface area contributed by atoms with E-state index >= 15 is 0 Å². The fourth-order valence-electron chi connectivity index (χ4n) is 2.12. The van der Waals surface area contributed by atoms with Crippen molar-refractivity contribution >= 4 is 0 Å². The van der Waals surface area contributed by atoms with Crippen LogP contribution in [0.3, 0.4) is 0 Å². The van der Waals surface area contributed by atoms with Crippen molar-refractivity contribution < 1.29 is 14.6 Å². The van der Waals surface area contributed by atoms with Gasteiger partial charge in [-0.2, -0.15) is 0 Å². The number of rotatable bonds is 1. The summed E-state index contributed by atoms with van der Waals surface area (Å²) in [5, 5.41) is 9.83. The fourth-order valence-corrected chi connectivity index (χ4v) is 2.12. The molecule has 16 heavy (non-hydrogen) atoms. The summed E-state index contributed by atoms with van der Waals surface area (Å²) in [7, 11) is 0. The smallest absolute Gasteiger partial charge is 0.156 e. The van der Waals surface area contributed by atoms with Gasteiger partial charge in [0.25, 0.3) is 0 Å². The zero-order valence-corrected chi connectivity index (χ0v) is 9.88. The lowest BCUT2D eigenvalue weighted by molar-refractivity contribution is -0.256. The first-order valence-electron chi connectivity index (χ1n) is 5.68. The molecule has 0 radical (unpaired) electrons. The van der Waals surface area contributed by atoms with Gasteiger partial charge in [0, 0.05) is 11.5 Å². The first-order valence-corrected chi connectivity index (χ1v) is 5.68. The normalized spacial score (nSPS) is 34.9. The second-order valence-electron chi connectivity index (χ2n) is 4.38. The number of aromatic hydroxyl groups is 1. The molecule has 2 rings (SSSR count). The van der Waals surface area contributed by atoms with Crippen LogP contribution >= 0.6 is 0 Å². The minimum Gasteiger partial charge on any atom is -0.508 e. The Morgan fingerprint density at radius 1 is 1.06 bits per heavy atom. The van der Waals surface area contributed by atoms with Crippen LogP contribution in [0.15, 0.2) is 24.3 Å². The summed E-state index contributed by atoms with van der Waals surface area (Å²) < 4.78 is 11.3. The van der Waals surface area contributed by atoms with E-state index in [1.165, 1.54) is 0 Å². The maximum atomic E-state index is 9.83. The Balaban J connectivity index is 2.29. The minimum atomic E-state index is -0.226. The van der Waals surface area contributed by atoms with Crippen molar-refractivity contribution in [2.24, 2.45) is 5.92 Å². The van der Waals surface area contributed by atoms with Crippen molar-refractivity contribution in [3.8, 4) is 5.75 Å². The minimum absolute atomic E-state index is 0.0973. The Morgan fingerprint density at radius 3 is 2.44 bits per heavy atom. The number of phenolic OH excluding ortho intramolecular Hbond substituents is 1. The van der Waals surface area contributed by atoms with Gasteiger partial charge in [-0.3, -0.25) is 0 Å². The molecule has 1 aliphatic rings. The standard InChI is InChI=1S/C13H18O3/c1-8-9(2)15-10(3)16-13(8)11-6-4-5-7-12(11)14/h4-10,13-14H,1-3H3/t8-,9+,10-,13-/m0/s1. The van der Waals surface area contributed by atoms with Crippen molar-refractivity contribution in [1.82, 2.24) is 0 Å². The topological polar surface area (TPSA) is 38.7 Å². The molecule has 0 aromatic heterocycles. The number of hydrogen-bond acceptors (Lipinski definition) is 3. The van der Waals surface area contributed by atoms with Crippen LogP contribution in [0.4, 0.5) is 0 Å². The van der Waals surface area contributed by atoms with Crippen molar-refractivity contribution in [2.45, 2.75) is 39.3 Å². The molecule has 3 nitrogen and oxygen atoms in total. The van der Waals surface area contributed by atoms with E-state index in [0.717, 1.165) is 5.56 Å². The Morgan fingerprint density at radius 2 is 1.75 bits per heavy atom. The third kappa shape index (κ3) is 2.06. The van der Waals surface area contributed by atoms with Crippen molar-refractivity contribution in [1.29, 1.82) is 0 Å². The molecule has 1 saturated heterocycles. The molecule has 1 heterocycles. The van der Waals surface area contributed by atoms with E-state index in [1.807, 2.05) is 32.0 Å². The van der Waals surface area contributed by atoms with Crippen molar-refractivity contribution in [3.63, 3.8) is 0 Å². The van der Waals surface area contributed by atoms with Gasteiger partial charge in [-0.15, -0.1) is 0 Å². The molecule has 0 aliphatic carbocycles. The fraction of sp³-hybridized carbons (Fsp3) is 0.538. The SMILES string of the molecule is C[C@@H]1O[C@H](c2ccccc2O)[C@@H](C)[C@@H](C)O1. The van der Waals surface area contributed by atoms with Gasteiger partial charge in [-0.25, -0.2) is 0 Å². The predicted molar refractivity (Wildman–Crippen MR) is 61.1 cm³/mol. The third-order valence-corrected chi connectivity index (χ3v) is 3.21. The number of hydrogen-bond donors (Lipinski definition) is 1. The largest absolute Gasteiger partial charge is 0.508 e. The summed E-state index contributed by atoms with van der Waals surface area (Å²) in [5.74, 6) is 0.519. The summed E-state index contributed by atoms with van der Waals surface area (Å²) in [6, 6.07) is 7.32. The lowest BCUT2D eigenvalue weighted by atomic mass is 9.91. The maximum absolute atomic E-state index is 9.83. The molecule has 1 aliphatic heterocycles. The average Bonchev–Trinajstić information content (AvgIpc) is 2.24. The molecule has 1 fully saturated rings. The lowest BCUT2D eigenvalue weighted by Gasteiger charge is -2.38. The van der Waals surface area contributed by atoms with Gasteiger partial charge < -0.3 is 14.6 Å². The zero-order valence-electron chi connectivity index (χ0n) is 9.88. The van der Waals surface area contributed by atoms with E-state index in [-0.39, 0.29) is 24.4 Å². The quantitative estimate of drug-likeness (QED) is 0.794. The van der Waals surface area contributed by atoms with E-state index < -0.39 is 0 Å². The highest BCUT2D eigenvalue weighted by Crippen LogP contribution is 2.38. The molecule has 1 aromatic carbocycles. The van der Waals surface area contributed by atoms with Crippen LogP contribution in [0.2, 0.25) is 0 Å². The van der Waals surface area contributed by atoms with Crippen LogP contribution in [0, 0.1) is 5.92 Å². The molecule has 0 amide bonds. The molecule has 0 saturated carbocycles. The zero-order chi connectivity index (χ0) is 11.7. The van der Waals surface area contributed by atoms with Gasteiger partial charge >= 0.3 is 0 Å². The summed E-state index contributed by atoms with van der Waals surface area (Å²) in [6.45, 7) is 6.00. The molecule has 1 aromatic rings. The predicted octanol–water partition coefficient (Wildman–Crippen LogP) is 2.85. The third-order valence-electron chi connectivity index (χ3n) is 3.21. The maximum Gasteiger partial charge on any atom is 0.156 e. The summed E-state index contributed by atoms with van der Waals surface area (Å²) in [5.41, 5.74) is 0.844. The van der Waals surface area contributed by atoms with E-state index in [1.54, 1.807) is 6.07 Å². The van der Waals surface area contributed by atoms with Gasteiger partial charge in [0.2, 0.25) is 0 Å². The highest BCUT2D eigenvalue weighted by atomic mass is 16.7. The Kier molecular flexibility index (Phi) is 3.17. The van der Waals surface area contributed by atoms with Crippen LogP contribution < -0.4 is 0 Å². The van der Waals surface area contributed by atoms with Gasteiger partial charge in [-0.05, 0) is 19.9 Å². The number of ether oxygens (including phenoxy) is 2. The first kappa shape index (κ1) is 11.4. The molecule has 0 spiro atoms. The van der Waals surface area contributed by atoms with E-state index in [2.05, 4.69) is 6.92 Å². The summed E-state index contributed by atoms with van der Waals surface area (Å²) in [6.07, 6.45) is -0.191. The molecular weight excluding hydrogens is 204 g/mol. The summed E-state index contributed by atoms with van der Waals surface area (Å²) in [4.78, 5) is 0. The second-order valence-corrected chi connectivity index (χ2v) is 4.38. The number of benzene rings is 1. The van der Waals surface area contributed by atoms with Crippen LogP contribution in [-0.4, -0.2) is 17.5 Å². The van der Waals surface area contributed by atoms with E-state index in [0.29, 0.717) is 5.75 Å².